The average molecular weight is 341 g/mol. The molecule has 132 valence electrons. The van der Waals surface area contributed by atoms with E-state index in [1.807, 2.05) is 31.2 Å². The zero-order chi connectivity index (χ0) is 17.6. The quantitative estimate of drug-likeness (QED) is 0.907. The van der Waals surface area contributed by atoms with Crippen LogP contribution in [0.1, 0.15) is 22.5 Å². The Hall–Kier alpha value is -2.60. The summed E-state index contributed by atoms with van der Waals surface area (Å²) in [6.45, 7) is 5.53. The number of anilines is 1. The first-order valence-electron chi connectivity index (χ1n) is 8.53. The smallest absolute Gasteiger partial charge is 0.289 e. The number of nitrogens with one attached hydrogen (secondary N) is 1. The molecule has 0 atom stereocenters. The number of piperazine rings is 1. The highest BCUT2D eigenvalue weighted by atomic mass is 16.3. The van der Waals surface area contributed by atoms with E-state index in [1.165, 1.54) is 6.26 Å². The third-order valence-corrected chi connectivity index (χ3v) is 4.35. The van der Waals surface area contributed by atoms with Crippen LogP contribution in [0, 0.1) is 6.92 Å². The summed E-state index contributed by atoms with van der Waals surface area (Å²) in [5, 5.41) is 2.93. The summed E-state index contributed by atoms with van der Waals surface area (Å²) in [5.74, 6) is 0.326. The van der Waals surface area contributed by atoms with E-state index in [0.717, 1.165) is 24.3 Å². The zero-order valence-corrected chi connectivity index (χ0v) is 14.4. The molecule has 2 heterocycles. The summed E-state index contributed by atoms with van der Waals surface area (Å²) in [6.07, 6.45) is 1.95. The van der Waals surface area contributed by atoms with Crippen LogP contribution in [0.2, 0.25) is 0 Å². The minimum Gasteiger partial charge on any atom is -0.459 e. The third-order valence-electron chi connectivity index (χ3n) is 4.35. The molecule has 1 aromatic heterocycles. The van der Waals surface area contributed by atoms with Crippen LogP contribution >= 0.6 is 0 Å². The molecule has 0 spiro atoms. The SMILES string of the molecule is Cc1cccc(NC(=O)CCN2CCN(C(=O)c3ccco3)CC2)c1. The van der Waals surface area contributed by atoms with Gasteiger partial charge >= 0.3 is 0 Å². The Morgan fingerprint density at radius 2 is 1.92 bits per heavy atom. The van der Waals surface area contributed by atoms with E-state index in [9.17, 15) is 9.59 Å². The van der Waals surface area contributed by atoms with Crippen LogP contribution in [0.4, 0.5) is 5.69 Å². The van der Waals surface area contributed by atoms with Gasteiger partial charge in [-0.3, -0.25) is 14.5 Å². The van der Waals surface area contributed by atoms with Gasteiger partial charge in [0.25, 0.3) is 5.91 Å². The molecule has 1 aromatic carbocycles. The van der Waals surface area contributed by atoms with Crippen molar-refractivity contribution in [3.63, 3.8) is 0 Å². The molecule has 0 radical (unpaired) electrons. The number of carbonyl (C=O) groups is 2. The Balaban J connectivity index is 1.40. The Morgan fingerprint density at radius 3 is 2.60 bits per heavy atom. The number of rotatable bonds is 5. The topological polar surface area (TPSA) is 65.8 Å². The van der Waals surface area contributed by atoms with Crippen LogP contribution in [0.25, 0.3) is 0 Å². The molecule has 1 N–H and O–H groups in total. The van der Waals surface area contributed by atoms with Gasteiger partial charge in [0.05, 0.1) is 6.26 Å². The van der Waals surface area contributed by atoms with Gasteiger partial charge in [-0.05, 0) is 36.8 Å². The van der Waals surface area contributed by atoms with E-state index < -0.39 is 0 Å². The van der Waals surface area contributed by atoms with Gasteiger partial charge in [-0.25, -0.2) is 0 Å². The lowest BCUT2D eigenvalue weighted by atomic mass is 10.2. The molecule has 1 saturated heterocycles. The van der Waals surface area contributed by atoms with Crippen LogP contribution < -0.4 is 5.32 Å². The standard InChI is InChI=1S/C19H23N3O3/c1-15-4-2-5-16(14-15)20-18(23)7-8-21-9-11-22(12-10-21)19(24)17-6-3-13-25-17/h2-6,13-14H,7-12H2,1H3,(H,20,23). The lowest BCUT2D eigenvalue weighted by Gasteiger charge is -2.34. The van der Waals surface area contributed by atoms with E-state index in [0.29, 0.717) is 31.8 Å². The second-order valence-electron chi connectivity index (χ2n) is 6.28. The first-order chi connectivity index (χ1) is 12.1. The number of aryl methyl sites for hydroxylation is 1. The predicted molar refractivity (Wildman–Crippen MR) is 95.5 cm³/mol. The normalized spacial score (nSPS) is 15.2. The molecule has 3 rings (SSSR count). The van der Waals surface area contributed by atoms with Crippen molar-refractivity contribution in [2.45, 2.75) is 13.3 Å². The molecule has 0 aliphatic carbocycles. The molecule has 2 amide bonds. The summed E-state index contributed by atoms with van der Waals surface area (Å²) >= 11 is 0. The van der Waals surface area contributed by atoms with E-state index in [2.05, 4.69) is 10.2 Å². The third kappa shape index (κ3) is 4.70. The van der Waals surface area contributed by atoms with Gasteiger partial charge in [0.2, 0.25) is 5.91 Å². The summed E-state index contributed by atoms with van der Waals surface area (Å²) in [6, 6.07) is 11.2. The second kappa shape index (κ2) is 7.98. The van der Waals surface area contributed by atoms with E-state index in [1.54, 1.807) is 17.0 Å². The Labute approximate surface area is 147 Å². The minimum absolute atomic E-state index is 0.0136. The molecule has 6 nitrogen and oxygen atoms in total. The number of amides is 2. The lowest BCUT2D eigenvalue weighted by molar-refractivity contribution is -0.116. The van der Waals surface area contributed by atoms with Crippen LogP contribution in [-0.2, 0) is 4.79 Å². The largest absolute Gasteiger partial charge is 0.459 e. The van der Waals surface area contributed by atoms with Crippen molar-refractivity contribution in [3.8, 4) is 0 Å². The maximum absolute atomic E-state index is 12.2. The number of nitrogens with zero attached hydrogens (tertiary/aromatic N) is 2. The van der Waals surface area contributed by atoms with E-state index in [-0.39, 0.29) is 11.8 Å². The number of hydrogen-bond acceptors (Lipinski definition) is 4. The molecule has 1 fully saturated rings. The predicted octanol–water partition coefficient (Wildman–Crippen LogP) is 2.37. The molecular formula is C19H23N3O3. The lowest BCUT2D eigenvalue weighted by Crippen LogP contribution is -2.49. The van der Waals surface area contributed by atoms with E-state index >= 15 is 0 Å². The molecule has 6 heteroatoms. The Bertz CT molecular complexity index is 719. The van der Waals surface area contributed by atoms with Gasteiger partial charge in [0, 0.05) is 44.8 Å². The summed E-state index contributed by atoms with van der Waals surface area (Å²) < 4.78 is 5.16. The minimum atomic E-state index is -0.0677. The van der Waals surface area contributed by atoms with Crippen molar-refractivity contribution in [3.05, 3.63) is 54.0 Å². The molecule has 2 aromatic rings. The number of carbonyl (C=O) groups excluding carboxylic acids is 2. The molecule has 1 aliphatic heterocycles. The van der Waals surface area contributed by atoms with Crippen LogP contribution in [0.15, 0.2) is 47.1 Å². The van der Waals surface area contributed by atoms with Crippen molar-refractivity contribution in [1.29, 1.82) is 0 Å². The number of benzene rings is 1. The van der Waals surface area contributed by atoms with Crippen LogP contribution in [-0.4, -0.2) is 54.3 Å². The van der Waals surface area contributed by atoms with Crippen molar-refractivity contribution in [2.75, 3.05) is 38.0 Å². The van der Waals surface area contributed by atoms with Crippen molar-refractivity contribution < 1.29 is 14.0 Å². The van der Waals surface area contributed by atoms with Crippen LogP contribution in [0.5, 0.6) is 0 Å². The van der Waals surface area contributed by atoms with Gasteiger partial charge in [-0.2, -0.15) is 0 Å². The molecular weight excluding hydrogens is 318 g/mol. The highest BCUT2D eigenvalue weighted by Crippen LogP contribution is 2.11. The van der Waals surface area contributed by atoms with Gasteiger partial charge in [-0.1, -0.05) is 12.1 Å². The summed E-state index contributed by atoms with van der Waals surface area (Å²) in [5.41, 5.74) is 1.95. The highest BCUT2D eigenvalue weighted by molar-refractivity contribution is 5.91. The van der Waals surface area contributed by atoms with Gasteiger partial charge in [-0.15, -0.1) is 0 Å². The van der Waals surface area contributed by atoms with Crippen molar-refractivity contribution in [1.82, 2.24) is 9.80 Å². The molecule has 25 heavy (non-hydrogen) atoms. The van der Waals surface area contributed by atoms with Gasteiger partial charge in [0.1, 0.15) is 0 Å². The van der Waals surface area contributed by atoms with E-state index in [4.69, 9.17) is 4.42 Å². The molecule has 0 bridgehead atoms. The summed E-state index contributed by atoms with van der Waals surface area (Å²) in [7, 11) is 0. The van der Waals surface area contributed by atoms with Crippen molar-refractivity contribution in [2.24, 2.45) is 0 Å². The fourth-order valence-electron chi connectivity index (χ4n) is 2.94. The maximum Gasteiger partial charge on any atom is 0.289 e. The maximum atomic E-state index is 12.2. The zero-order valence-electron chi connectivity index (χ0n) is 14.4. The monoisotopic (exact) mass is 341 g/mol. The highest BCUT2D eigenvalue weighted by Gasteiger charge is 2.23. The molecule has 0 saturated carbocycles. The average Bonchev–Trinajstić information content (AvgIpc) is 3.14. The van der Waals surface area contributed by atoms with Gasteiger partial charge < -0.3 is 14.6 Å². The number of furan rings is 1. The second-order valence-corrected chi connectivity index (χ2v) is 6.28. The fraction of sp³-hybridized carbons (Fsp3) is 0.368. The Morgan fingerprint density at radius 1 is 1.12 bits per heavy atom. The van der Waals surface area contributed by atoms with Crippen molar-refractivity contribution >= 4 is 17.5 Å². The summed E-state index contributed by atoms with van der Waals surface area (Å²) in [4.78, 5) is 28.3. The molecule has 1 aliphatic rings. The fourth-order valence-corrected chi connectivity index (χ4v) is 2.94. The van der Waals surface area contributed by atoms with Crippen LogP contribution in [0.3, 0.4) is 0 Å². The Kier molecular flexibility index (Phi) is 5.50. The molecule has 0 unspecified atom stereocenters. The first kappa shape index (κ1) is 17.2. The van der Waals surface area contributed by atoms with Gasteiger partial charge in [0.15, 0.2) is 5.76 Å². The number of hydrogen-bond donors (Lipinski definition) is 1. The first-order valence-corrected chi connectivity index (χ1v) is 8.53.